The number of hydrogen-bond donors (Lipinski definition) is 1. The van der Waals surface area contributed by atoms with E-state index in [4.69, 9.17) is 0 Å². The second-order valence-electron chi connectivity index (χ2n) is 6.34. The summed E-state index contributed by atoms with van der Waals surface area (Å²) in [5.74, 6) is 0.0795. The third-order valence-corrected chi connectivity index (χ3v) is 5.12. The second kappa shape index (κ2) is 6.98. The molecular weight excluding hydrogens is 380 g/mol. The maximum atomic E-state index is 12.8. The van der Waals surface area contributed by atoms with Crippen LogP contribution in [0.4, 0.5) is 0 Å². The number of nitrogens with zero attached hydrogens (tertiary/aromatic N) is 3. The summed E-state index contributed by atoms with van der Waals surface area (Å²) in [7, 11) is 0. The van der Waals surface area contributed by atoms with E-state index in [9.17, 15) is 4.79 Å². The highest BCUT2D eigenvalue weighted by Gasteiger charge is 2.23. The lowest BCUT2D eigenvalue weighted by atomic mass is 10.2. The lowest BCUT2D eigenvalue weighted by molar-refractivity contribution is 0.0623. The molecule has 0 unspecified atom stereocenters. The molecule has 0 spiro atoms. The highest BCUT2D eigenvalue weighted by Crippen LogP contribution is 2.21. The van der Waals surface area contributed by atoms with Gasteiger partial charge in [-0.25, -0.2) is 0 Å². The first-order chi connectivity index (χ1) is 12.2. The standard InChI is InChI=1S/C19H19BrN4O/c20-16-1-2-17-15(11-16)12-18(22-17)19(25)24-9-7-23(8-10-24)13-14-3-5-21-6-4-14/h1-6,11-12,22H,7-10,13H2. The third kappa shape index (κ3) is 3.60. The van der Waals surface area contributed by atoms with E-state index in [1.807, 2.05) is 53.7 Å². The average molecular weight is 399 g/mol. The van der Waals surface area contributed by atoms with Gasteiger partial charge in [0, 0.05) is 60.5 Å². The van der Waals surface area contributed by atoms with Crippen molar-refractivity contribution in [3.8, 4) is 0 Å². The van der Waals surface area contributed by atoms with Crippen LogP contribution in [0.25, 0.3) is 10.9 Å². The Balaban J connectivity index is 1.40. The molecule has 1 aliphatic rings. The Morgan fingerprint density at radius 3 is 2.60 bits per heavy atom. The fourth-order valence-electron chi connectivity index (χ4n) is 3.24. The molecule has 2 aromatic heterocycles. The van der Waals surface area contributed by atoms with Crippen LogP contribution >= 0.6 is 15.9 Å². The number of H-pyrrole nitrogens is 1. The summed E-state index contributed by atoms with van der Waals surface area (Å²) in [5, 5.41) is 1.05. The van der Waals surface area contributed by atoms with E-state index in [0.29, 0.717) is 5.69 Å². The van der Waals surface area contributed by atoms with Crippen LogP contribution in [0.15, 0.2) is 53.3 Å². The van der Waals surface area contributed by atoms with Gasteiger partial charge in [-0.3, -0.25) is 14.7 Å². The lowest BCUT2D eigenvalue weighted by Crippen LogP contribution is -2.48. The first-order valence-corrected chi connectivity index (χ1v) is 9.17. The normalized spacial score (nSPS) is 15.6. The number of carbonyl (C=O) groups is 1. The molecule has 0 atom stereocenters. The Labute approximate surface area is 154 Å². The maximum Gasteiger partial charge on any atom is 0.270 e. The summed E-state index contributed by atoms with van der Waals surface area (Å²) < 4.78 is 1.02. The molecule has 5 nitrogen and oxygen atoms in total. The predicted molar refractivity (Wildman–Crippen MR) is 101 cm³/mol. The van der Waals surface area contributed by atoms with Gasteiger partial charge in [0.15, 0.2) is 0 Å². The predicted octanol–water partition coefficient (Wildman–Crippen LogP) is 3.28. The topological polar surface area (TPSA) is 52.2 Å². The zero-order valence-electron chi connectivity index (χ0n) is 13.8. The quantitative estimate of drug-likeness (QED) is 0.736. The number of fused-ring (bicyclic) bond motifs is 1. The molecular formula is C19H19BrN4O. The Morgan fingerprint density at radius 1 is 1.08 bits per heavy atom. The molecule has 4 rings (SSSR count). The highest BCUT2D eigenvalue weighted by molar-refractivity contribution is 9.10. The zero-order valence-corrected chi connectivity index (χ0v) is 15.4. The maximum absolute atomic E-state index is 12.8. The van der Waals surface area contributed by atoms with Gasteiger partial charge in [-0.2, -0.15) is 0 Å². The number of aromatic amines is 1. The summed E-state index contributed by atoms with van der Waals surface area (Å²) in [4.78, 5) is 24.4. The number of benzene rings is 1. The Hall–Kier alpha value is -2.18. The van der Waals surface area contributed by atoms with E-state index in [-0.39, 0.29) is 5.91 Å². The minimum absolute atomic E-state index is 0.0795. The van der Waals surface area contributed by atoms with Gasteiger partial charge in [-0.1, -0.05) is 15.9 Å². The largest absolute Gasteiger partial charge is 0.351 e. The van der Waals surface area contributed by atoms with Crippen LogP contribution < -0.4 is 0 Å². The molecule has 1 aliphatic heterocycles. The molecule has 3 aromatic rings. The van der Waals surface area contributed by atoms with Gasteiger partial charge in [0.2, 0.25) is 0 Å². The van der Waals surface area contributed by atoms with E-state index in [1.54, 1.807) is 0 Å². The van der Waals surface area contributed by atoms with Crippen LogP contribution in [-0.2, 0) is 6.54 Å². The number of aromatic nitrogens is 2. The van der Waals surface area contributed by atoms with Crippen molar-refractivity contribution in [2.75, 3.05) is 26.2 Å². The fourth-order valence-corrected chi connectivity index (χ4v) is 3.62. The summed E-state index contributed by atoms with van der Waals surface area (Å²) >= 11 is 3.47. The molecule has 0 radical (unpaired) electrons. The minimum atomic E-state index is 0.0795. The van der Waals surface area contributed by atoms with Gasteiger partial charge in [0.25, 0.3) is 5.91 Å². The highest BCUT2D eigenvalue weighted by atomic mass is 79.9. The first kappa shape index (κ1) is 16.3. The van der Waals surface area contributed by atoms with Crippen LogP contribution in [0, 0.1) is 0 Å². The van der Waals surface area contributed by atoms with Crippen LogP contribution in [-0.4, -0.2) is 51.9 Å². The summed E-state index contributed by atoms with van der Waals surface area (Å²) in [6, 6.07) is 12.0. The van der Waals surface area contributed by atoms with Gasteiger partial charge < -0.3 is 9.88 Å². The number of nitrogens with one attached hydrogen (secondary N) is 1. The summed E-state index contributed by atoms with van der Waals surface area (Å²) in [6.45, 7) is 4.19. The number of carbonyl (C=O) groups excluding carboxylic acids is 1. The lowest BCUT2D eigenvalue weighted by Gasteiger charge is -2.34. The Morgan fingerprint density at radius 2 is 1.84 bits per heavy atom. The van der Waals surface area contributed by atoms with E-state index >= 15 is 0 Å². The number of amides is 1. The van der Waals surface area contributed by atoms with Gasteiger partial charge in [-0.05, 0) is 42.0 Å². The van der Waals surface area contributed by atoms with Crippen molar-refractivity contribution < 1.29 is 4.79 Å². The van der Waals surface area contributed by atoms with Crippen molar-refractivity contribution in [3.05, 3.63) is 64.5 Å². The van der Waals surface area contributed by atoms with Crippen LogP contribution in [0.5, 0.6) is 0 Å². The number of piperazine rings is 1. The molecule has 1 aromatic carbocycles. The Bertz CT molecular complexity index is 885. The molecule has 1 amide bonds. The first-order valence-electron chi connectivity index (χ1n) is 8.38. The monoisotopic (exact) mass is 398 g/mol. The Kier molecular flexibility index (Phi) is 4.55. The molecule has 3 heterocycles. The van der Waals surface area contributed by atoms with Crippen LogP contribution in [0.1, 0.15) is 16.1 Å². The molecule has 0 aliphatic carbocycles. The van der Waals surface area contributed by atoms with Crippen molar-refractivity contribution in [1.29, 1.82) is 0 Å². The van der Waals surface area contributed by atoms with E-state index < -0.39 is 0 Å². The van der Waals surface area contributed by atoms with Crippen molar-refractivity contribution >= 4 is 32.7 Å². The molecule has 25 heavy (non-hydrogen) atoms. The number of hydrogen-bond acceptors (Lipinski definition) is 3. The van der Waals surface area contributed by atoms with Crippen LogP contribution in [0.2, 0.25) is 0 Å². The van der Waals surface area contributed by atoms with Crippen molar-refractivity contribution in [1.82, 2.24) is 19.8 Å². The number of pyridine rings is 1. The SMILES string of the molecule is O=C(c1cc2cc(Br)ccc2[nH]1)N1CCN(Cc2ccncc2)CC1. The van der Waals surface area contributed by atoms with Crippen molar-refractivity contribution in [2.45, 2.75) is 6.54 Å². The molecule has 0 saturated carbocycles. The molecule has 6 heteroatoms. The zero-order chi connectivity index (χ0) is 17.2. The smallest absolute Gasteiger partial charge is 0.270 e. The molecule has 1 fully saturated rings. The van der Waals surface area contributed by atoms with Gasteiger partial charge in [-0.15, -0.1) is 0 Å². The summed E-state index contributed by atoms with van der Waals surface area (Å²) in [6.07, 6.45) is 3.65. The molecule has 1 N–H and O–H groups in total. The third-order valence-electron chi connectivity index (χ3n) is 4.63. The fraction of sp³-hybridized carbons (Fsp3) is 0.263. The van der Waals surface area contributed by atoms with Gasteiger partial charge >= 0.3 is 0 Å². The van der Waals surface area contributed by atoms with Crippen LogP contribution in [0.3, 0.4) is 0 Å². The van der Waals surface area contributed by atoms with E-state index in [0.717, 1.165) is 48.1 Å². The van der Waals surface area contributed by atoms with E-state index in [2.05, 4.69) is 30.8 Å². The number of rotatable bonds is 3. The molecule has 1 saturated heterocycles. The molecule has 128 valence electrons. The van der Waals surface area contributed by atoms with Crippen molar-refractivity contribution in [2.24, 2.45) is 0 Å². The average Bonchev–Trinajstić information content (AvgIpc) is 3.06. The number of halogens is 1. The molecule has 0 bridgehead atoms. The second-order valence-corrected chi connectivity index (χ2v) is 7.25. The minimum Gasteiger partial charge on any atom is -0.351 e. The van der Waals surface area contributed by atoms with Crippen molar-refractivity contribution in [3.63, 3.8) is 0 Å². The van der Waals surface area contributed by atoms with Gasteiger partial charge in [0.1, 0.15) is 5.69 Å². The summed E-state index contributed by atoms with van der Waals surface area (Å²) in [5.41, 5.74) is 2.91. The van der Waals surface area contributed by atoms with Gasteiger partial charge in [0.05, 0.1) is 0 Å². The van der Waals surface area contributed by atoms with E-state index in [1.165, 1.54) is 5.56 Å².